The first-order chi connectivity index (χ1) is 9.78. The van der Waals surface area contributed by atoms with Crippen LogP contribution < -0.4 is 20.5 Å². The van der Waals surface area contributed by atoms with Gasteiger partial charge in [-0.25, -0.2) is 0 Å². The monoisotopic (exact) mass is 277 g/mol. The Morgan fingerprint density at radius 1 is 1.25 bits per heavy atom. The normalized spacial score (nSPS) is 17.3. The highest BCUT2D eigenvalue weighted by Crippen LogP contribution is 2.36. The number of nitrogens with zero attached hydrogens (tertiary/aromatic N) is 1. The fourth-order valence-electron chi connectivity index (χ4n) is 2.63. The van der Waals surface area contributed by atoms with E-state index in [1.165, 1.54) is 12.8 Å². The Bertz CT molecular complexity index is 474. The van der Waals surface area contributed by atoms with Crippen molar-refractivity contribution < 1.29 is 9.47 Å². The van der Waals surface area contributed by atoms with Crippen molar-refractivity contribution in [1.82, 2.24) is 4.90 Å². The molecule has 1 fully saturated rings. The van der Waals surface area contributed by atoms with E-state index in [-0.39, 0.29) is 0 Å². The minimum atomic E-state index is 0.589. The lowest BCUT2D eigenvalue weighted by atomic mass is 10.2. The lowest BCUT2D eigenvalue weighted by Gasteiger charge is -2.22. The number of ether oxygens (including phenoxy) is 2. The molecule has 3 rings (SSSR count). The molecule has 0 aromatic heterocycles. The van der Waals surface area contributed by atoms with Gasteiger partial charge in [-0.15, -0.1) is 0 Å². The van der Waals surface area contributed by atoms with Gasteiger partial charge in [-0.05, 0) is 19.4 Å². The van der Waals surface area contributed by atoms with Gasteiger partial charge in [0.25, 0.3) is 0 Å². The molecule has 0 atom stereocenters. The number of fused-ring (bicyclic) bond motifs is 1. The molecule has 0 bridgehead atoms. The van der Waals surface area contributed by atoms with Crippen LogP contribution in [0, 0.1) is 0 Å². The highest BCUT2D eigenvalue weighted by molar-refractivity contribution is 5.72. The number of hydrogen-bond acceptors (Lipinski definition) is 5. The molecule has 0 unspecified atom stereocenters. The number of anilines is 2. The highest BCUT2D eigenvalue weighted by Gasteiger charge is 2.27. The molecular formula is C15H23N3O2. The predicted molar refractivity (Wildman–Crippen MR) is 80.6 cm³/mol. The first kappa shape index (κ1) is 13.4. The summed E-state index contributed by atoms with van der Waals surface area (Å²) in [6.07, 6.45) is 2.69. The van der Waals surface area contributed by atoms with Crippen molar-refractivity contribution in [2.75, 3.05) is 43.9 Å². The first-order valence-corrected chi connectivity index (χ1v) is 7.45. The maximum absolute atomic E-state index is 6.05. The average molecular weight is 277 g/mol. The molecule has 1 aliphatic carbocycles. The van der Waals surface area contributed by atoms with E-state index < -0.39 is 0 Å². The van der Waals surface area contributed by atoms with Gasteiger partial charge in [0.1, 0.15) is 13.2 Å². The summed E-state index contributed by atoms with van der Waals surface area (Å²) in [5.74, 6) is 1.52. The van der Waals surface area contributed by atoms with Crippen molar-refractivity contribution in [2.45, 2.75) is 25.8 Å². The van der Waals surface area contributed by atoms with Gasteiger partial charge in [-0.1, -0.05) is 6.92 Å². The van der Waals surface area contributed by atoms with Crippen LogP contribution in [0.3, 0.4) is 0 Å². The lowest BCUT2D eigenvalue weighted by molar-refractivity contribution is 0.172. The topological polar surface area (TPSA) is 59.8 Å². The standard InChI is InChI=1S/C15H23N3O2/c1-2-18(11-3-4-11)6-5-17-13-10-15-14(9-12(13)16)19-7-8-20-15/h9-11,17H,2-8,16H2,1H3. The molecule has 1 aromatic rings. The Morgan fingerprint density at radius 2 is 1.95 bits per heavy atom. The second-order valence-corrected chi connectivity index (χ2v) is 5.37. The summed E-state index contributed by atoms with van der Waals surface area (Å²) in [5.41, 5.74) is 7.70. The van der Waals surface area contributed by atoms with Gasteiger partial charge >= 0.3 is 0 Å². The molecule has 2 aliphatic rings. The molecule has 1 aromatic carbocycles. The van der Waals surface area contributed by atoms with Gasteiger partial charge in [0.2, 0.25) is 0 Å². The summed E-state index contributed by atoms with van der Waals surface area (Å²) >= 11 is 0. The number of nitrogens with one attached hydrogen (secondary N) is 1. The van der Waals surface area contributed by atoms with E-state index in [9.17, 15) is 0 Å². The Hall–Kier alpha value is -1.62. The van der Waals surface area contributed by atoms with Crippen molar-refractivity contribution >= 4 is 11.4 Å². The van der Waals surface area contributed by atoms with Crippen LogP contribution in [0.2, 0.25) is 0 Å². The third kappa shape index (κ3) is 2.93. The number of likely N-dealkylation sites (N-methyl/N-ethyl adjacent to an activating group) is 1. The molecule has 0 saturated heterocycles. The summed E-state index contributed by atoms with van der Waals surface area (Å²) in [6, 6.07) is 4.59. The molecule has 110 valence electrons. The van der Waals surface area contributed by atoms with Gasteiger partial charge in [0.05, 0.1) is 11.4 Å². The van der Waals surface area contributed by atoms with E-state index in [1.807, 2.05) is 12.1 Å². The summed E-state index contributed by atoms with van der Waals surface area (Å²) in [4.78, 5) is 2.52. The molecule has 0 radical (unpaired) electrons. The molecule has 5 nitrogen and oxygen atoms in total. The van der Waals surface area contributed by atoms with Crippen LogP contribution in [0.1, 0.15) is 19.8 Å². The second-order valence-electron chi connectivity index (χ2n) is 5.37. The Labute approximate surface area is 120 Å². The average Bonchev–Trinajstić information content (AvgIpc) is 3.28. The van der Waals surface area contributed by atoms with Crippen molar-refractivity contribution in [3.63, 3.8) is 0 Å². The number of benzene rings is 1. The number of nitrogens with two attached hydrogens (primary N) is 1. The largest absolute Gasteiger partial charge is 0.486 e. The maximum atomic E-state index is 6.05. The molecule has 1 aliphatic heterocycles. The zero-order valence-corrected chi connectivity index (χ0v) is 12.0. The van der Waals surface area contributed by atoms with E-state index in [1.54, 1.807) is 0 Å². The van der Waals surface area contributed by atoms with Crippen molar-refractivity contribution in [3.8, 4) is 11.5 Å². The molecule has 1 saturated carbocycles. The zero-order chi connectivity index (χ0) is 13.9. The molecule has 0 spiro atoms. The quantitative estimate of drug-likeness (QED) is 0.778. The van der Waals surface area contributed by atoms with Crippen LogP contribution >= 0.6 is 0 Å². The van der Waals surface area contributed by atoms with Gasteiger partial charge in [-0.3, -0.25) is 4.90 Å². The van der Waals surface area contributed by atoms with E-state index in [0.29, 0.717) is 18.9 Å². The SMILES string of the molecule is CCN(CCNc1cc2c(cc1N)OCCO2)C1CC1. The van der Waals surface area contributed by atoms with Crippen molar-refractivity contribution in [1.29, 1.82) is 0 Å². The minimum absolute atomic E-state index is 0.589. The van der Waals surface area contributed by atoms with Gasteiger partial charge < -0.3 is 20.5 Å². The Balaban J connectivity index is 1.59. The molecule has 1 heterocycles. The van der Waals surface area contributed by atoms with Crippen molar-refractivity contribution in [3.05, 3.63) is 12.1 Å². The van der Waals surface area contributed by atoms with E-state index in [2.05, 4.69) is 17.1 Å². The summed E-state index contributed by atoms with van der Waals surface area (Å²) in [5, 5.41) is 3.41. The van der Waals surface area contributed by atoms with Gasteiger partial charge in [0, 0.05) is 31.3 Å². The van der Waals surface area contributed by atoms with Crippen LogP contribution in [0.25, 0.3) is 0 Å². The lowest BCUT2D eigenvalue weighted by Crippen LogP contribution is -2.31. The number of hydrogen-bond donors (Lipinski definition) is 2. The Morgan fingerprint density at radius 3 is 2.60 bits per heavy atom. The molecule has 20 heavy (non-hydrogen) atoms. The van der Waals surface area contributed by atoms with E-state index in [4.69, 9.17) is 15.2 Å². The van der Waals surface area contributed by atoms with E-state index in [0.717, 1.165) is 42.9 Å². The Kier molecular flexibility index (Phi) is 3.87. The van der Waals surface area contributed by atoms with Crippen LogP contribution in [-0.2, 0) is 0 Å². The fraction of sp³-hybridized carbons (Fsp3) is 0.600. The first-order valence-electron chi connectivity index (χ1n) is 7.45. The van der Waals surface area contributed by atoms with Crippen LogP contribution in [0.4, 0.5) is 11.4 Å². The second kappa shape index (κ2) is 5.79. The van der Waals surface area contributed by atoms with Crippen LogP contribution in [0.5, 0.6) is 11.5 Å². The number of nitrogen functional groups attached to an aromatic ring is 1. The molecule has 3 N–H and O–H groups in total. The van der Waals surface area contributed by atoms with E-state index >= 15 is 0 Å². The maximum Gasteiger partial charge on any atom is 0.163 e. The number of rotatable bonds is 6. The zero-order valence-electron chi connectivity index (χ0n) is 12.0. The third-order valence-electron chi connectivity index (χ3n) is 3.90. The summed E-state index contributed by atoms with van der Waals surface area (Å²) < 4.78 is 11.1. The van der Waals surface area contributed by atoms with Gasteiger partial charge in [-0.2, -0.15) is 0 Å². The molecule has 0 amide bonds. The summed E-state index contributed by atoms with van der Waals surface area (Å²) in [6.45, 7) is 6.47. The third-order valence-corrected chi connectivity index (χ3v) is 3.90. The molecule has 5 heteroatoms. The predicted octanol–water partition coefficient (Wildman–Crippen LogP) is 1.94. The van der Waals surface area contributed by atoms with Crippen LogP contribution in [-0.4, -0.2) is 43.8 Å². The summed E-state index contributed by atoms with van der Waals surface area (Å²) in [7, 11) is 0. The van der Waals surface area contributed by atoms with Crippen molar-refractivity contribution in [2.24, 2.45) is 0 Å². The smallest absolute Gasteiger partial charge is 0.163 e. The highest BCUT2D eigenvalue weighted by atomic mass is 16.6. The molecular weight excluding hydrogens is 254 g/mol. The van der Waals surface area contributed by atoms with Gasteiger partial charge in [0.15, 0.2) is 11.5 Å². The fourth-order valence-corrected chi connectivity index (χ4v) is 2.63. The minimum Gasteiger partial charge on any atom is -0.486 e. The van der Waals surface area contributed by atoms with Crippen LogP contribution in [0.15, 0.2) is 12.1 Å².